The van der Waals surface area contributed by atoms with Crippen LogP contribution in [0.5, 0.6) is 0 Å². The van der Waals surface area contributed by atoms with Gasteiger partial charge in [0.15, 0.2) is 0 Å². The number of urea groups is 1. The molecule has 0 unspecified atom stereocenters. The van der Waals surface area contributed by atoms with Gasteiger partial charge in [0.05, 0.1) is 0 Å². The van der Waals surface area contributed by atoms with Crippen molar-refractivity contribution in [2.24, 2.45) is 0 Å². The van der Waals surface area contributed by atoms with Crippen molar-refractivity contribution in [1.29, 1.82) is 0 Å². The van der Waals surface area contributed by atoms with Gasteiger partial charge in [-0.25, -0.2) is 4.79 Å². The van der Waals surface area contributed by atoms with E-state index in [9.17, 15) is 9.59 Å². The first kappa shape index (κ1) is 12.8. The van der Waals surface area contributed by atoms with Crippen LogP contribution < -0.4 is 10.6 Å². The van der Waals surface area contributed by atoms with Crippen LogP contribution in [0.25, 0.3) is 0 Å². The molecule has 0 aromatic rings. The van der Waals surface area contributed by atoms with E-state index in [1.807, 2.05) is 20.8 Å². The number of amides is 3. The summed E-state index contributed by atoms with van der Waals surface area (Å²) in [5.41, 5.74) is -1.07. The van der Waals surface area contributed by atoms with Crippen LogP contribution in [0.15, 0.2) is 0 Å². The third-order valence-electron chi connectivity index (χ3n) is 2.58. The summed E-state index contributed by atoms with van der Waals surface area (Å²) < 4.78 is 0. The van der Waals surface area contributed by atoms with E-state index in [1.165, 1.54) is 0 Å². The summed E-state index contributed by atoms with van der Waals surface area (Å²) in [7, 11) is 0. The van der Waals surface area contributed by atoms with Gasteiger partial charge < -0.3 is 15.5 Å². The zero-order valence-electron chi connectivity index (χ0n) is 10.7. The number of hydrogen-bond acceptors (Lipinski definition) is 2. The monoisotopic (exact) mass is 227 g/mol. The van der Waals surface area contributed by atoms with Gasteiger partial charge in [-0.3, -0.25) is 4.79 Å². The number of nitrogens with one attached hydrogen (secondary N) is 2. The molecule has 0 saturated carbocycles. The number of piperazine rings is 1. The Morgan fingerprint density at radius 2 is 2.00 bits per heavy atom. The molecule has 1 saturated heterocycles. The van der Waals surface area contributed by atoms with Gasteiger partial charge in [0, 0.05) is 18.6 Å². The zero-order chi connectivity index (χ0) is 12.6. The van der Waals surface area contributed by atoms with Gasteiger partial charge in [-0.05, 0) is 34.6 Å². The van der Waals surface area contributed by atoms with E-state index in [0.717, 1.165) is 0 Å². The van der Waals surface area contributed by atoms with E-state index in [4.69, 9.17) is 0 Å². The van der Waals surface area contributed by atoms with E-state index in [1.54, 1.807) is 18.7 Å². The Hall–Kier alpha value is -1.26. The summed E-state index contributed by atoms with van der Waals surface area (Å²) in [5.74, 6) is -0.109. The summed E-state index contributed by atoms with van der Waals surface area (Å²) in [6, 6.07) is -0.188. The number of nitrogens with zero attached hydrogens (tertiary/aromatic N) is 1. The fourth-order valence-electron chi connectivity index (χ4n) is 1.64. The first-order chi connectivity index (χ1) is 7.14. The van der Waals surface area contributed by atoms with Gasteiger partial charge in [-0.1, -0.05) is 0 Å². The van der Waals surface area contributed by atoms with Crippen LogP contribution in [0.4, 0.5) is 4.79 Å². The highest BCUT2D eigenvalue weighted by Gasteiger charge is 2.41. The standard InChI is InChI=1S/C11H21N3O2/c1-10(2,3)13-9(16)14-7-6-12-8(15)11(14,4)5/h6-7H2,1-5H3,(H,12,15)(H,13,16). The van der Waals surface area contributed by atoms with Crippen LogP contribution in [0.2, 0.25) is 0 Å². The third kappa shape index (κ3) is 2.65. The van der Waals surface area contributed by atoms with Crippen molar-refractivity contribution < 1.29 is 9.59 Å². The van der Waals surface area contributed by atoms with Gasteiger partial charge >= 0.3 is 6.03 Å². The minimum atomic E-state index is -0.784. The van der Waals surface area contributed by atoms with Gasteiger partial charge in [0.1, 0.15) is 5.54 Å². The molecule has 0 aliphatic carbocycles. The highest BCUT2D eigenvalue weighted by atomic mass is 16.2. The quantitative estimate of drug-likeness (QED) is 0.640. The second-order valence-electron chi connectivity index (χ2n) is 5.65. The van der Waals surface area contributed by atoms with E-state index < -0.39 is 5.54 Å². The van der Waals surface area contributed by atoms with Crippen molar-refractivity contribution in [2.45, 2.75) is 45.7 Å². The molecule has 5 nitrogen and oxygen atoms in total. The normalized spacial score (nSPS) is 20.3. The minimum Gasteiger partial charge on any atom is -0.352 e. The lowest BCUT2D eigenvalue weighted by atomic mass is 9.99. The number of rotatable bonds is 0. The largest absolute Gasteiger partial charge is 0.352 e. The maximum absolute atomic E-state index is 12.0. The van der Waals surface area contributed by atoms with Crippen LogP contribution in [0, 0.1) is 0 Å². The van der Waals surface area contributed by atoms with Gasteiger partial charge in [-0.15, -0.1) is 0 Å². The van der Waals surface area contributed by atoms with Gasteiger partial charge in [-0.2, -0.15) is 0 Å². The molecule has 0 spiro atoms. The average Bonchev–Trinajstić information content (AvgIpc) is 2.06. The zero-order valence-corrected chi connectivity index (χ0v) is 10.7. The lowest BCUT2D eigenvalue weighted by Crippen LogP contribution is -2.66. The van der Waals surface area contributed by atoms with Crippen LogP contribution in [0.1, 0.15) is 34.6 Å². The summed E-state index contributed by atoms with van der Waals surface area (Å²) in [5, 5.41) is 5.63. The minimum absolute atomic E-state index is 0.109. The Morgan fingerprint density at radius 1 is 1.44 bits per heavy atom. The molecule has 5 heteroatoms. The molecule has 1 fully saturated rings. The molecule has 3 amide bonds. The first-order valence-electron chi connectivity index (χ1n) is 5.53. The molecule has 16 heavy (non-hydrogen) atoms. The summed E-state index contributed by atoms with van der Waals surface area (Å²) >= 11 is 0. The molecular formula is C11H21N3O2. The van der Waals surface area contributed by atoms with Gasteiger partial charge in [0.25, 0.3) is 0 Å². The third-order valence-corrected chi connectivity index (χ3v) is 2.58. The second-order valence-corrected chi connectivity index (χ2v) is 5.65. The van der Waals surface area contributed by atoms with Crippen LogP contribution in [-0.4, -0.2) is 41.0 Å². The van der Waals surface area contributed by atoms with Crippen molar-refractivity contribution in [3.05, 3.63) is 0 Å². The molecule has 2 N–H and O–H groups in total. The highest BCUT2D eigenvalue weighted by Crippen LogP contribution is 2.18. The van der Waals surface area contributed by atoms with E-state index in [0.29, 0.717) is 13.1 Å². The Morgan fingerprint density at radius 3 is 2.50 bits per heavy atom. The lowest BCUT2D eigenvalue weighted by Gasteiger charge is -2.42. The van der Waals surface area contributed by atoms with Crippen molar-refractivity contribution >= 4 is 11.9 Å². The molecule has 92 valence electrons. The van der Waals surface area contributed by atoms with E-state index in [2.05, 4.69) is 10.6 Å². The fraction of sp³-hybridized carbons (Fsp3) is 0.818. The predicted molar refractivity (Wildman–Crippen MR) is 62.1 cm³/mol. The smallest absolute Gasteiger partial charge is 0.318 e. The van der Waals surface area contributed by atoms with Crippen molar-refractivity contribution in [2.75, 3.05) is 13.1 Å². The molecule has 0 atom stereocenters. The Balaban J connectivity index is 2.79. The van der Waals surface area contributed by atoms with E-state index in [-0.39, 0.29) is 17.5 Å². The van der Waals surface area contributed by atoms with Gasteiger partial charge in [0.2, 0.25) is 5.91 Å². The maximum Gasteiger partial charge on any atom is 0.318 e. The van der Waals surface area contributed by atoms with Crippen molar-refractivity contribution in [3.8, 4) is 0 Å². The topological polar surface area (TPSA) is 61.4 Å². The summed E-state index contributed by atoms with van der Waals surface area (Å²) in [4.78, 5) is 25.3. The Kier molecular flexibility index (Phi) is 3.17. The van der Waals surface area contributed by atoms with Crippen LogP contribution in [0.3, 0.4) is 0 Å². The Bertz CT molecular complexity index is 305. The molecule has 1 heterocycles. The summed E-state index contributed by atoms with van der Waals surface area (Å²) in [6.07, 6.45) is 0. The number of hydrogen-bond donors (Lipinski definition) is 2. The fourth-order valence-corrected chi connectivity index (χ4v) is 1.64. The molecule has 0 bridgehead atoms. The lowest BCUT2D eigenvalue weighted by molar-refractivity contribution is -0.132. The molecule has 1 rings (SSSR count). The maximum atomic E-state index is 12.0. The highest BCUT2D eigenvalue weighted by molar-refractivity contribution is 5.91. The molecule has 1 aliphatic rings. The van der Waals surface area contributed by atoms with Crippen LogP contribution in [-0.2, 0) is 4.79 Å². The summed E-state index contributed by atoms with van der Waals surface area (Å²) in [6.45, 7) is 10.3. The molecule has 0 aromatic carbocycles. The predicted octanol–water partition coefficient (Wildman–Crippen LogP) is 0.705. The van der Waals surface area contributed by atoms with Crippen molar-refractivity contribution in [1.82, 2.24) is 15.5 Å². The number of carbonyl (C=O) groups is 2. The SMILES string of the molecule is CC(C)(C)NC(=O)N1CCNC(=O)C1(C)C. The molecule has 1 aliphatic heterocycles. The molecule has 0 aromatic heterocycles. The number of carbonyl (C=O) groups excluding carboxylic acids is 2. The molecule has 0 radical (unpaired) electrons. The molecular weight excluding hydrogens is 206 g/mol. The average molecular weight is 227 g/mol. The van der Waals surface area contributed by atoms with Crippen molar-refractivity contribution in [3.63, 3.8) is 0 Å². The first-order valence-corrected chi connectivity index (χ1v) is 5.53. The second kappa shape index (κ2) is 3.96. The van der Waals surface area contributed by atoms with E-state index >= 15 is 0 Å². The Labute approximate surface area is 96.6 Å². The van der Waals surface area contributed by atoms with Crippen LogP contribution >= 0.6 is 0 Å².